The lowest BCUT2D eigenvalue weighted by Gasteiger charge is -2.01. The van der Waals surface area contributed by atoms with Crippen LogP contribution in [0.25, 0.3) is 10.8 Å². The lowest BCUT2D eigenvalue weighted by atomic mass is 10.1. The van der Waals surface area contributed by atoms with Crippen molar-refractivity contribution in [3.05, 3.63) is 78.4 Å². The van der Waals surface area contributed by atoms with Gasteiger partial charge < -0.3 is 0 Å². The minimum atomic E-state index is -3.75. The maximum atomic E-state index is 11.9. The van der Waals surface area contributed by atoms with Gasteiger partial charge in [-0.05, 0) is 35.0 Å². The van der Waals surface area contributed by atoms with E-state index in [4.69, 9.17) is 4.18 Å². The van der Waals surface area contributed by atoms with Gasteiger partial charge in [-0.25, -0.2) is 0 Å². The zero-order valence-corrected chi connectivity index (χ0v) is 13.1. The molecule has 3 rings (SSSR count). The molecule has 0 aliphatic rings. The van der Waals surface area contributed by atoms with Crippen molar-refractivity contribution in [2.45, 2.75) is 4.90 Å². The van der Waals surface area contributed by atoms with E-state index in [1.54, 1.807) is 18.2 Å². The molecule has 3 aromatic rings. The van der Waals surface area contributed by atoms with Crippen molar-refractivity contribution in [3.63, 3.8) is 0 Å². The molecule has 4 heteroatoms. The van der Waals surface area contributed by atoms with Gasteiger partial charge in [0.2, 0.25) is 0 Å². The molecule has 0 bridgehead atoms. The van der Waals surface area contributed by atoms with Crippen LogP contribution in [0.1, 0.15) is 5.56 Å². The Morgan fingerprint density at radius 1 is 0.826 bits per heavy atom. The summed E-state index contributed by atoms with van der Waals surface area (Å²) < 4.78 is 28.8. The van der Waals surface area contributed by atoms with Gasteiger partial charge in [-0.1, -0.05) is 60.4 Å². The van der Waals surface area contributed by atoms with Gasteiger partial charge in [-0.15, -0.1) is 0 Å². The van der Waals surface area contributed by atoms with Crippen LogP contribution in [0.3, 0.4) is 0 Å². The summed E-state index contributed by atoms with van der Waals surface area (Å²) in [5.41, 5.74) is 0.824. The molecule has 0 fully saturated rings. The zero-order valence-electron chi connectivity index (χ0n) is 12.3. The van der Waals surface area contributed by atoms with E-state index in [2.05, 4.69) is 11.8 Å². The molecule has 0 saturated carbocycles. The SMILES string of the molecule is O=S(=O)(OCC#Cc1ccc2ccccc2c1)c1ccccc1. The highest BCUT2D eigenvalue weighted by atomic mass is 32.2. The maximum absolute atomic E-state index is 11.9. The molecule has 3 nitrogen and oxygen atoms in total. The van der Waals surface area contributed by atoms with E-state index in [-0.39, 0.29) is 11.5 Å². The summed E-state index contributed by atoms with van der Waals surface area (Å²) in [5.74, 6) is 5.66. The number of hydrogen-bond acceptors (Lipinski definition) is 3. The van der Waals surface area contributed by atoms with Crippen LogP contribution in [0, 0.1) is 11.8 Å². The third-order valence-corrected chi connectivity index (χ3v) is 4.58. The summed E-state index contributed by atoms with van der Waals surface area (Å²) >= 11 is 0. The van der Waals surface area contributed by atoms with Crippen LogP contribution in [0.5, 0.6) is 0 Å². The summed E-state index contributed by atoms with van der Waals surface area (Å²) in [6.07, 6.45) is 0. The number of benzene rings is 3. The fraction of sp³-hybridized carbons (Fsp3) is 0.0526. The topological polar surface area (TPSA) is 43.4 Å². The highest BCUT2D eigenvalue weighted by Crippen LogP contribution is 2.15. The van der Waals surface area contributed by atoms with Gasteiger partial charge >= 0.3 is 0 Å². The molecule has 0 radical (unpaired) electrons. The highest BCUT2D eigenvalue weighted by molar-refractivity contribution is 7.86. The lowest BCUT2D eigenvalue weighted by molar-refractivity contribution is 0.363. The van der Waals surface area contributed by atoms with Gasteiger partial charge in [0, 0.05) is 5.56 Å². The molecule has 0 amide bonds. The van der Waals surface area contributed by atoms with Crippen LogP contribution in [0.4, 0.5) is 0 Å². The van der Waals surface area contributed by atoms with Crippen LogP contribution < -0.4 is 0 Å². The Hall–Kier alpha value is -2.61. The number of hydrogen-bond donors (Lipinski definition) is 0. The molecule has 0 unspecified atom stereocenters. The predicted octanol–water partition coefficient (Wildman–Crippen LogP) is 3.60. The molecule has 0 aromatic heterocycles. The fourth-order valence-corrected chi connectivity index (χ4v) is 3.01. The Morgan fingerprint density at radius 2 is 1.52 bits per heavy atom. The average molecular weight is 322 g/mol. The van der Waals surface area contributed by atoms with E-state index in [9.17, 15) is 8.42 Å². The van der Waals surface area contributed by atoms with Crippen LogP contribution in [0.2, 0.25) is 0 Å². The van der Waals surface area contributed by atoms with Crippen molar-refractivity contribution in [1.82, 2.24) is 0 Å². The predicted molar refractivity (Wildman–Crippen MR) is 90.4 cm³/mol. The minimum Gasteiger partial charge on any atom is -0.253 e. The van der Waals surface area contributed by atoms with Gasteiger partial charge in [-0.3, -0.25) is 4.18 Å². The van der Waals surface area contributed by atoms with Crippen LogP contribution in [-0.4, -0.2) is 15.0 Å². The third kappa shape index (κ3) is 3.78. The molecule has 0 aliphatic carbocycles. The average Bonchev–Trinajstić information content (AvgIpc) is 2.59. The summed E-state index contributed by atoms with van der Waals surface area (Å²) in [6, 6.07) is 21.9. The first-order chi connectivity index (χ1) is 11.1. The molecule has 114 valence electrons. The van der Waals surface area contributed by atoms with Crippen molar-refractivity contribution in [3.8, 4) is 11.8 Å². The van der Waals surface area contributed by atoms with Gasteiger partial charge in [-0.2, -0.15) is 8.42 Å². The molecular weight excluding hydrogens is 308 g/mol. The molecule has 0 saturated heterocycles. The van der Waals surface area contributed by atoms with Crippen LogP contribution >= 0.6 is 0 Å². The molecule has 0 atom stereocenters. The second-order valence-electron chi connectivity index (χ2n) is 4.89. The highest BCUT2D eigenvalue weighted by Gasteiger charge is 2.12. The van der Waals surface area contributed by atoms with Crippen molar-refractivity contribution < 1.29 is 12.6 Å². The number of fused-ring (bicyclic) bond motifs is 1. The summed E-state index contributed by atoms with van der Waals surface area (Å²) in [5, 5.41) is 2.23. The Labute approximate surface area is 135 Å². The smallest absolute Gasteiger partial charge is 0.253 e. The van der Waals surface area contributed by atoms with Crippen molar-refractivity contribution >= 4 is 20.9 Å². The van der Waals surface area contributed by atoms with Crippen molar-refractivity contribution in [2.75, 3.05) is 6.61 Å². The van der Waals surface area contributed by atoms with E-state index in [1.807, 2.05) is 42.5 Å². The van der Waals surface area contributed by atoms with E-state index in [0.29, 0.717) is 0 Å². The Balaban J connectivity index is 1.70. The standard InChI is InChI=1S/C19H14O3S/c20-23(21,19-10-2-1-3-11-19)22-14-6-7-16-12-13-17-8-4-5-9-18(17)15-16/h1-5,8-13,15H,14H2. The quantitative estimate of drug-likeness (QED) is 0.547. The van der Waals surface area contributed by atoms with Gasteiger partial charge in [0.1, 0.15) is 6.61 Å². The minimum absolute atomic E-state index is 0.132. The summed E-state index contributed by atoms with van der Waals surface area (Å²) in [7, 11) is -3.75. The zero-order chi connectivity index (χ0) is 16.1. The normalized spacial score (nSPS) is 11.0. The number of rotatable bonds is 3. The Bertz CT molecular complexity index is 981. The molecular formula is C19H14O3S. The molecule has 0 aliphatic heterocycles. The van der Waals surface area contributed by atoms with Crippen LogP contribution in [-0.2, 0) is 14.3 Å². The maximum Gasteiger partial charge on any atom is 0.297 e. The van der Waals surface area contributed by atoms with E-state index in [1.165, 1.54) is 12.1 Å². The monoisotopic (exact) mass is 322 g/mol. The van der Waals surface area contributed by atoms with Gasteiger partial charge in [0.05, 0.1) is 4.90 Å². The van der Waals surface area contributed by atoms with E-state index < -0.39 is 10.1 Å². The molecule has 23 heavy (non-hydrogen) atoms. The van der Waals surface area contributed by atoms with Crippen molar-refractivity contribution in [1.29, 1.82) is 0 Å². The molecule has 0 heterocycles. The molecule has 0 N–H and O–H groups in total. The third-order valence-electron chi connectivity index (χ3n) is 3.30. The largest absolute Gasteiger partial charge is 0.297 e. The molecule has 0 spiro atoms. The molecule has 3 aromatic carbocycles. The summed E-state index contributed by atoms with van der Waals surface area (Å²) in [6.45, 7) is -0.177. The van der Waals surface area contributed by atoms with Gasteiger partial charge in [0.15, 0.2) is 0 Å². The van der Waals surface area contributed by atoms with Crippen molar-refractivity contribution in [2.24, 2.45) is 0 Å². The van der Waals surface area contributed by atoms with Crippen LogP contribution in [0.15, 0.2) is 77.7 Å². The second kappa shape index (κ2) is 6.66. The lowest BCUT2D eigenvalue weighted by Crippen LogP contribution is -2.06. The fourth-order valence-electron chi connectivity index (χ4n) is 2.17. The van der Waals surface area contributed by atoms with E-state index >= 15 is 0 Å². The first kappa shape index (κ1) is 15.3. The van der Waals surface area contributed by atoms with E-state index in [0.717, 1.165) is 16.3 Å². The summed E-state index contributed by atoms with van der Waals surface area (Å²) in [4.78, 5) is 0.132. The Morgan fingerprint density at radius 3 is 2.30 bits per heavy atom. The second-order valence-corrected chi connectivity index (χ2v) is 6.51. The van der Waals surface area contributed by atoms with Gasteiger partial charge in [0.25, 0.3) is 10.1 Å². The first-order valence-corrected chi connectivity index (χ1v) is 8.48. The first-order valence-electron chi connectivity index (χ1n) is 7.07. The Kier molecular flexibility index (Phi) is 4.42.